The molecule has 0 unspecified atom stereocenters. The summed E-state index contributed by atoms with van der Waals surface area (Å²) in [6, 6.07) is 0. The van der Waals surface area contributed by atoms with Gasteiger partial charge in [0, 0.05) is 0 Å². The SMILES string of the molecule is C1CCC([CH2][Al+][CH2]C2CCCCC2)CC1. The molecule has 0 radical (unpaired) electrons. The van der Waals surface area contributed by atoms with Gasteiger partial charge in [-0.15, -0.1) is 0 Å². The monoisotopic (exact) mass is 221 g/mol. The molecule has 0 nitrogen and oxygen atoms in total. The number of rotatable bonds is 4. The molecule has 15 heavy (non-hydrogen) atoms. The second-order valence-electron chi connectivity index (χ2n) is 5.77. The first-order valence-electron chi connectivity index (χ1n) is 7.27. The van der Waals surface area contributed by atoms with Crippen molar-refractivity contribution >= 4 is 15.2 Å². The Balaban J connectivity index is 1.53. The van der Waals surface area contributed by atoms with E-state index >= 15 is 0 Å². The fraction of sp³-hybridized carbons (Fsp3) is 1.00. The molecule has 0 saturated heterocycles. The van der Waals surface area contributed by atoms with Crippen molar-refractivity contribution in [2.75, 3.05) is 0 Å². The van der Waals surface area contributed by atoms with Crippen LogP contribution in [0.4, 0.5) is 0 Å². The summed E-state index contributed by atoms with van der Waals surface area (Å²) in [7, 11) is 0. The Morgan fingerprint density at radius 3 is 1.40 bits per heavy atom. The minimum absolute atomic E-state index is 0.808. The third kappa shape index (κ3) is 4.50. The molecule has 84 valence electrons. The Hall–Kier alpha value is 0.532. The number of hydrogen-bond donors (Lipinski definition) is 0. The molecule has 0 aromatic rings. The van der Waals surface area contributed by atoms with Crippen molar-refractivity contribution in [1.29, 1.82) is 0 Å². The molecular weight excluding hydrogens is 195 g/mol. The van der Waals surface area contributed by atoms with Crippen LogP contribution in [-0.2, 0) is 0 Å². The molecule has 0 N–H and O–H groups in total. The molecule has 2 aliphatic carbocycles. The Labute approximate surface area is 102 Å². The summed E-state index contributed by atoms with van der Waals surface area (Å²) >= 11 is 0.808. The fourth-order valence-corrected chi connectivity index (χ4v) is 5.49. The maximum atomic E-state index is 1.64. The van der Waals surface area contributed by atoms with Gasteiger partial charge in [-0.2, -0.15) is 0 Å². The summed E-state index contributed by atoms with van der Waals surface area (Å²) in [6.45, 7) is 0. The summed E-state index contributed by atoms with van der Waals surface area (Å²) in [5.74, 6) is 2.30. The molecule has 0 bridgehead atoms. The average Bonchev–Trinajstić information content (AvgIpc) is 2.32. The van der Waals surface area contributed by atoms with Crippen LogP contribution in [0.25, 0.3) is 0 Å². The standard InChI is InChI=1S/2C7H13.Al/c2*1-7-5-3-2-4-6-7;/h2*7H,1-6H2;/q;;+1. The first-order chi connectivity index (χ1) is 7.45. The number of hydrogen-bond acceptors (Lipinski definition) is 0. The molecule has 0 aliphatic heterocycles. The van der Waals surface area contributed by atoms with E-state index in [9.17, 15) is 0 Å². The van der Waals surface area contributed by atoms with Gasteiger partial charge >= 0.3 is 102 Å². The maximum absolute atomic E-state index is 1.64. The van der Waals surface area contributed by atoms with Gasteiger partial charge in [-0.25, -0.2) is 0 Å². The Morgan fingerprint density at radius 2 is 1.00 bits per heavy atom. The summed E-state index contributed by atoms with van der Waals surface area (Å²) in [5.41, 5.74) is 0. The molecule has 0 spiro atoms. The summed E-state index contributed by atoms with van der Waals surface area (Å²) in [5, 5.41) is 3.27. The predicted molar refractivity (Wildman–Crippen MR) is 68.5 cm³/mol. The van der Waals surface area contributed by atoms with Gasteiger partial charge < -0.3 is 0 Å². The molecule has 0 aromatic heterocycles. The van der Waals surface area contributed by atoms with E-state index in [0.29, 0.717) is 0 Å². The van der Waals surface area contributed by atoms with E-state index < -0.39 is 0 Å². The van der Waals surface area contributed by atoms with E-state index in [1.807, 2.05) is 0 Å². The van der Waals surface area contributed by atoms with Crippen molar-refractivity contribution in [2.24, 2.45) is 11.8 Å². The zero-order chi connectivity index (χ0) is 10.3. The molecule has 0 atom stereocenters. The van der Waals surface area contributed by atoms with E-state index in [1.54, 1.807) is 36.2 Å². The van der Waals surface area contributed by atoms with Gasteiger partial charge in [-0.05, 0) is 0 Å². The molecule has 2 saturated carbocycles. The fourth-order valence-electron chi connectivity index (χ4n) is 3.41. The van der Waals surface area contributed by atoms with E-state index in [2.05, 4.69) is 0 Å². The van der Waals surface area contributed by atoms with Gasteiger partial charge in [0.1, 0.15) is 0 Å². The van der Waals surface area contributed by atoms with Crippen LogP contribution in [0.1, 0.15) is 64.2 Å². The van der Waals surface area contributed by atoms with Crippen LogP contribution in [0.3, 0.4) is 0 Å². The molecule has 2 fully saturated rings. The van der Waals surface area contributed by atoms with Crippen molar-refractivity contribution in [1.82, 2.24) is 0 Å². The van der Waals surface area contributed by atoms with Gasteiger partial charge in [-0.3, -0.25) is 0 Å². The predicted octanol–water partition coefficient (Wildman–Crippen LogP) is 4.69. The van der Waals surface area contributed by atoms with Crippen molar-refractivity contribution in [3.63, 3.8) is 0 Å². The van der Waals surface area contributed by atoms with Gasteiger partial charge in [0.25, 0.3) is 0 Å². The van der Waals surface area contributed by atoms with Crippen LogP contribution < -0.4 is 0 Å². The van der Waals surface area contributed by atoms with Crippen LogP contribution >= 0.6 is 0 Å². The van der Waals surface area contributed by atoms with Crippen molar-refractivity contribution in [3.05, 3.63) is 0 Å². The normalized spacial score (nSPS) is 25.1. The first kappa shape index (κ1) is 12.0. The van der Waals surface area contributed by atoms with E-state index in [0.717, 1.165) is 27.1 Å². The van der Waals surface area contributed by atoms with Gasteiger partial charge in [0.2, 0.25) is 0 Å². The zero-order valence-corrected chi connectivity index (χ0v) is 11.4. The molecule has 0 aromatic carbocycles. The molecule has 2 aliphatic rings. The zero-order valence-electron chi connectivity index (χ0n) is 10.2. The Kier molecular flexibility index (Phi) is 5.58. The molecule has 1 heteroatoms. The minimum atomic E-state index is 0.808. The van der Waals surface area contributed by atoms with Crippen LogP contribution in [0, 0.1) is 11.8 Å². The van der Waals surface area contributed by atoms with Crippen molar-refractivity contribution in [3.8, 4) is 0 Å². The van der Waals surface area contributed by atoms with Crippen LogP contribution in [0.5, 0.6) is 0 Å². The molecular formula is C14H26Al+. The van der Waals surface area contributed by atoms with E-state index in [-0.39, 0.29) is 0 Å². The molecule has 0 heterocycles. The summed E-state index contributed by atoms with van der Waals surface area (Å²) < 4.78 is 0. The van der Waals surface area contributed by atoms with Gasteiger partial charge in [-0.1, -0.05) is 0 Å². The van der Waals surface area contributed by atoms with Gasteiger partial charge in [0.15, 0.2) is 0 Å². The Morgan fingerprint density at radius 1 is 0.600 bits per heavy atom. The third-order valence-corrected chi connectivity index (χ3v) is 6.45. The second kappa shape index (κ2) is 6.98. The molecule has 0 amide bonds. The van der Waals surface area contributed by atoms with Crippen LogP contribution in [0.2, 0.25) is 10.6 Å². The average molecular weight is 221 g/mol. The second-order valence-corrected chi connectivity index (χ2v) is 7.29. The van der Waals surface area contributed by atoms with Crippen LogP contribution in [-0.4, -0.2) is 15.2 Å². The van der Waals surface area contributed by atoms with Gasteiger partial charge in [0.05, 0.1) is 0 Å². The summed E-state index contributed by atoms with van der Waals surface area (Å²) in [6.07, 6.45) is 15.5. The molecule has 2 rings (SSSR count). The van der Waals surface area contributed by atoms with Crippen LogP contribution in [0.15, 0.2) is 0 Å². The first-order valence-corrected chi connectivity index (χ1v) is 8.90. The third-order valence-electron chi connectivity index (χ3n) is 4.45. The van der Waals surface area contributed by atoms with Crippen molar-refractivity contribution < 1.29 is 0 Å². The Bertz CT molecular complexity index is 137. The summed E-state index contributed by atoms with van der Waals surface area (Å²) in [4.78, 5) is 0. The topological polar surface area (TPSA) is 0 Å². The van der Waals surface area contributed by atoms with Crippen molar-refractivity contribution in [2.45, 2.75) is 74.8 Å². The quantitative estimate of drug-likeness (QED) is 0.604. The van der Waals surface area contributed by atoms with E-state index in [4.69, 9.17) is 0 Å². The van der Waals surface area contributed by atoms with E-state index in [1.165, 1.54) is 38.5 Å².